The standard InChI is InChI=1S/C16H16F2O/c1-11-3-5-12(6-4-11)10-16(2,19)13-7-14(17)9-15(18)8-13/h3-9,19H,10H2,1-2H3. The summed E-state index contributed by atoms with van der Waals surface area (Å²) in [5, 5.41) is 10.4. The maximum Gasteiger partial charge on any atom is 0.126 e. The van der Waals surface area contributed by atoms with Gasteiger partial charge < -0.3 is 5.11 Å². The molecule has 0 saturated heterocycles. The lowest BCUT2D eigenvalue weighted by Crippen LogP contribution is -2.24. The number of aliphatic hydroxyl groups is 1. The van der Waals surface area contributed by atoms with Gasteiger partial charge in [0.25, 0.3) is 0 Å². The highest BCUT2D eigenvalue weighted by Crippen LogP contribution is 2.26. The minimum absolute atomic E-state index is 0.241. The number of halogens is 2. The van der Waals surface area contributed by atoms with E-state index in [0.29, 0.717) is 6.42 Å². The van der Waals surface area contributed by atoms with E-state index < -0.39 is 17.2 Å². The van der Waals surface area contributed by atoms with Crippen molar-refractivity contribution in [3.05, 3.63) is 70.8 Å². The number of hydrogen-bond donors (Lipinski definition) is 1. The van der Waals surface area contributed by atoms with Gasteiger partial charge in [0.05, 0.1) is 5.60 Å². The largest absolute Gasteiger partial charge is 0.385 e. The predicted octanol–water partition coefficient (Wildman–Crippen LogP) is 3.72. The highest BCUT2D eigenvalue weighted by molar-refractivity contribution is 5.28. The Morgan fingerprint density at radius 3 is 2.05 bits per heavy atom. The van der Waals surface area contributed by atoms with Crippen LogP contribution in [-0.2, 0) is 12.0 Å². The van der Waals surface area contributed by atoms with Gasteiger partial charge in [0.1, 0.15) is 11.6 Å². The van der Waals surface area contributed by atoms with E-state index in [2.05, 4.69) is 0 Å². The van der Waals surface area contributed by atoms with Gasteiger partial charge in [-0.25, -0.2) is 8.78 Å². The van der Waals surface area contributed by atoms with Gasteiger partial charge in [0.15, 0.2) is 0 Å². The van der Waals surface area contributed by atoms with Crippen molar-refractivity contribution in [1.29, 1.82) is 0 Å². The van der Waals surface area contributed by atoms with Crippen LogP contribution in [0.25, 0.3) is 0 Å². The molecular weight excluding hydrogens is 246 g/mol. The summed E-state index contributed by atoms with van der Waals surface area (Å²) in [5.74, 6) is -1.36. The Kier molecular flexibility index (Phi) is 3.67. The monoisotopic (exact) mass is 262 g/mol. The summed E-state index contributed by atoms with van der Waals surface area (Å²) < 4.78 is 26.4. The normalized spacial score (nSPS) is 14.2. The summed E-state index contributed by atoms with van der Waals surface area (Å²) in [6, 6.07) is 10.8. The number of hydrogen-bond acceptors (Lipinski definition) is 1. The summed E-state index contributed by atoms with van der Waals surface area (Å²) in [4.78, 5) is 0. The molecule has 0 fully saturated rings. The van der Waals surface area contributed by atoms with Crippen molar-refractivity contribution in [2.24, 2.45) is 0 Å². The lowest BCUT2D eigenvalue weighted by atomic mass is 9.89. The van der Waals surface area contributed by atoms with Crippen LogP contribution in [0.15, 0.2) is 42.5 Å². The minimum atomic E-state index is -1.31. The first-order chi connectivity index (χ1) is 8.87. The molecule has 0 aliphatic heterocycles. The van der Waals surface area contributed by atoms with Gasteiger partial charge in [-0.05, 0) is 37.1 Å². The second-order valence-electron chi connectivity index (χ2n) is 5.09. The van der Waals surface area contributed by atoms with Crippen LogP contribution in [0.4, 0.5) is 8.78 Å². The molecule has 3 heteroatoms. The molecule has 1 N–H and O–H groups in total. The van der Waals surface area contributed by atoms with Crippen molar-refractivity contribution >= 4 is 0 Å². The van der Waals surface area contributed by atoms with Gasteiger partial charge in [-0.2, -0.15) is 0 Å². The van der Waals surface area contributed by atoms with Crippen LogP contribution in [0.2, 0.25) is 0 Å². The summed E-state index contributed by atoms with van der Waals surface area (Å²) in [5.41, 5.74) is 0.976. The number of aryl methyl sites for hydroxylation is 1. The summed E-state index contributed by atoms with van der Waals surface area (Å²) >= 11 is 0. The van der Waals surface area contributed by atoms with Crippen LogP contribution in [-0.4, -0.2) is 5.11 Å². The molecule has 2 aromatic carbocycles. The minimum Gasteiger partial charge on any atom is -0.385 e. The van der Waals surface area contributed by atoms with Crippen molar-refractivity contribution in [2.45, 2.75) is 25.9 Å². The molecule has 0 saturated carbocycles. The van der Waals surface area contributed by atoms with Gasteiger partial charge >= 0.3 is 0 Å². The molecule has 19 heavy (non-hydrogen) atoms. The molecule has 0 aromatic heterocycles. The van der Waals surface area contributed by atoms with Gasteiger partial charge in [0.2, 0.25) is 0 Å². The van der Waals surface area contributed by atoms with E-state index in [1.807, 2.05) is 31.2 Å². The topological polar surface area (TPSA) is 20.2 Å². The maximum absolute atomic E-state index is 13.2. The van der Waals surface area contributed by atoms with E-state index >= 15 is 0 Å². The van der Waals surface area contributed by atoms with Gasteiger partial charge in [-0.15, -0.1) is 0 Å². The van der Waals surface area contributed by atoms with Gasteiger partial charge in [0, 0.05) is 12.5 Å². The van der Waals surface area contributed by atoms with E-state index in [4.69, 9.17) is 0 Å². The first-order valence-electron chi connectivity index (χ1n) is 6.11. The number of benzene rings is 2. The summed E-state index contributed by atoms with van der Waals surface area (Å²) in [6.07, 6.45) is 0.302. The molecule has 1 unspecified atom stereocenters. The van der Waals surface area contributed by atoms with E-state index in [0.717, 1.165) is 29.3 Å². The smallest absolute Gasteiger partial charge is 0.126 e. The molecule has 2 rings (SSSR count). The van der Waals surface area contributed by atoms with Crippen LogP contribution >= 0.6 is 0 Å². The van der Waals surface area contributed by atoms with Crippen LogP contribution in [0.1, 0.15) is 23.6 Å². The van der Waals surface area contributed by atoms with E-state index in [-0.39, 0.29) is 5.56 Å². The Bertz CT molecular complexity index is 554. The number of rotatable bonds is 3. The third kappa shape index (κ3) is 3.38. The van der Waals surface area contributed by atoms with Crippen molar-refractivity contribution < 1.29 is 13.9 Å². The molecule has 0 aliphatic carbocycles. The summed E-state index contributed by atoms with van der Waals surface area (Å²) in [6.45, 7) is 3.53. The van der Waals surface area contributed by atoms with Gasteiger partial charge in [-0.1, -0.05) is 29.8 Å². The highest BCUT2D eigenvalue weighted by Gasteiger charge is 2.24. The van der Waals surface area contributed by atoms with E-state index in [9.17, 15) is 13.9 Å². The molecule has 0 amide bonds. The molecule has 0 radical (unpaired) electrons. The fourth-order valence-corrected chi connectivity index (χ4v) is 2.07. The zero-order valence-corrected chi connectivity index (χ0v) is 11.0. The van der Waals surface area contributed by atoms with Crippen molar-refractivity contribution in [2.75, 3.05) is 0 Å². The Morgan fingerprint density at radius 1 is 1.00 bits per heavy atom. The summed E-state index contributed by atoms with van der Waals surface area (Å²) in [7, 11) is 0. The molecule has 1 atom stereocenters. The Balaban J connectivity index is 2.28. The molecule has 0 heterocycles. The lowest BCUT2D eigenvalue weighted by Gasteiger charge is -2.24. The highest BCUT2D eigenvalue weighted by atomic mass is 19.1. The van der Waals surface area contributed by atoms with Crippen LogP contribution < -0.4 is 0 Å². The molecular formula is C16H16F2O. The third-order valence-electron chi connectivity index (χ3n) is 3.15. The maximum atomic E-state index is 13.2. The van der Waals surface area contributed by atoms with E-state index in [1.54, 1.807) is 6.92 Å². The fourth-order valence-electron chi connectivity index (χ4n) is 2.07. The van der Waals surface area contributed by atoms with Crippen molar-refractivity contribution in [3.63, 3.8) is 0 Å². The zero-order chi connectivity index (χ0) is 14.0. The van der Waals surface area contributed by atoms with E-state index in [1.165, 1.54) is 0 Å². The molecule has 2 aromatic rings. The van der Waals surface area contributed by atoms with Gasteiger partial charge in [-0.3, -0.25) is 0 Å². The second-order valence-corrected chi connectivity index (χ2v) is 5.09. The van der Waals surface area contributed by atoms with Crippen molar-refractivity contribution in [1.82, 2.24) is 0 Å². The van der Waals surface area contributed by atoms with Crippen LogP contribution in [0.3, 0.4) is 0 Å². The molecule has 0 bridgehead atoms. The molecule has 0 aliphatic rings. The lowest BCUT2D eigenvalue weighted by molar-refractivity contribution is 0.0569. The molecule has 1 nitrogen and oxygen atoms in total. The van der Waals surface area contributed by atoms with Crippen LogP contribution in [0.5, 0.6) is 0 Å². The average molecular weight is 262 g/mol. The second kappa shape index (κ2) is 5.10. The van der Waals surface area contributed by atoms with Crippen molar-refractivity contribution in [3.8, 4) is 0 Å². The first-order valence-corrected chi connectivity index (χ1v) is 6.11. The molecule has 0 spiro atoms. The quantitative estimate of drug-likeness (QED) is 0.893. The van der Waals surface area contributed by atoms with Crippen LogP contribution in [0, 0.1) is 18.6 Å². The Hall–Kier alpha value is -1.74. The predicted molar refractivity (Wildman–Crippen MR) is 70.8 cm³/mol. The zero-order valence-electron chi connectivity index (χ0n) is 11.0. The molecule has 100 valence electrons. The third-order valence-corrected chi connectivity index (χ3v) is 3.15. The Morgan fingerprint density at radius 2 is 1.53 bits per heavy atom. The Labute approximate surface area is 111 Å². The average Bonchev–Trinajstić information content (AvgIpc) is 2.31. The first kappa shape index (κ1) is 13.7. The SMILES string of the molecule is Cc1ccc(CC(C)(O)c2cc(F)cc(F)c2)cc1. The fraction of sp³-hybridized carbons (Fsp3) is 0.250.